The van der Waals surface area contributed by atoms with Crippen molar-refractivity contribution in [3.8, 4) is 0 Å². The third-order valence-electron chi connectivity index (χ3n) is 4.79. The summed E-state index contributed by atoms with van der Waals surface area (Å²) in [5.41, 5.74) is 2.99. The Labute approximate surface area is 151 Å². The first kappa shape index (κ1) is 16.3. The fourth-order valence-electron chi connectivity index (χ4n) is 3.59. The number of aromatic nitrogens is 3. The Morgan fingerprint density at radius 2 is 2.24 bits per heavy atom. The first-order valence-corrected chi connectivity index (χ1v) is 9.68. The second-order valence-corrected chi connectivity index (χ2v) is 7.85. The van der Waals surface area contributed by atoms with Crippen molar-refractivity contribution in [2.24, 2.45) is 5.92 Å². The van der Waals surface area contributed by atoms with Crippen LogP contribution in [0.5, 0.6) is 0 Å². The number of aromatic amines is 1. The first-order chi connectivity index (χ1) is 12.2. The van der Waals surface area contributed by atoms with Gasteiger partial charge in [0.1, 0.15) is 5.82 Å². The molecule has 0 bridgehead atoms. The van der Waals surface area contributed by atoms with Gasteiger partial charge in [-0.15, -0.1) is 11.3 Å². The lowest BCUT2D eigenvalue weighted by Crippen LogP contribution is -2.41. The summed E-state index contributed by atoms with van der Waals surface area (Å²) >= 11 is 1.60. The molecule has 4 rings (SSSR count). The van der Waals surface area contributed by atoms with E-state index in [1.54, 1.807) is 11.3 Å². The molecule has 0 radical (unpaired) electrons. The fraction of sp³-hybridized carbons (Fsp3) is 0.421. The third kappa shape index (κ3) is 3.74. The molecule has 1 N–H and O–H groups in total. The van der Waals surface area contributed by atoms with E-state index in [0.717, 1.165) is 59.9 Å². The predicted octanol–water partition coefficient (Wildman–Crippen LogP) is 3.35. The first-order valence-electron chi connectivity index (χ1n) is 8.80. The molecule has 0 spiro atoms. The lowest BCUT2D eigenvalue weighted by Gasteiger charge is -2.32. The average Bonchev–Trinajstić information content (AvgIpc) is 3.20. The number of para-hydroxylation sites is 2. The standard InChI is InChI=1S/C19H22N4OS/c1-13-20-15(12-25-13)10-19(24)23-8-4-5-14(11-23)9-18-21-16-6-2-3-7-17(16)22-18/h2-3,6-7,12,14H,4-5,8-11H2,1H3,(H,21,22)/t14-/m0/s1. The van der Waals surface area contributed by atoms with Gasteiger partial charge in [0.05, 0.1) is 28.2 Å². The Balaban J connectivity index is 1.39. The number of imidazole rings is 1. The van der Waals surface area contributed by atoms with Crippen molar-refractivity contribution < 1.29 is 4.79 Å². The number of likely N-dealkylation sites (tertiary alicyclic amines) is 1. The van der Waals surface area contributed by atoms with Gasteiger partial charge in [-0.2, -0.15) is 0 Å². The number of thiazole rings is 1. The highest BCUT2D eigenvalue weighted by Crippen LogP contribution is 2.22. The summed E-state index contributed by atoms with van der Waals surface area (Å²) < 4.78 is 0. The molecule has 1 saturated heterocycles. The molecule has 1 fully saturated rings. The van der Waals surface area contributed by atoms with Gasteiger partial charge in [-0.1, -0.05) is 12.1 Å². The van der Waals surface area contributed by atoms with Gasteiger partial charge in [-0.3, -0.25) is 4.79 Å². The van der Waals surface area contributed by atoms with Crippen molar-refractivity contribution in [1.29, 1.82) is 0 Å². The molecule has 3 aromatic rings. The van der Waals surface area contributed by atoms with Gasteiger partial charge >= 0.3 is 0 Å². The second kappa shape index (κ2) is 6.96. The number of piperidine rings is 1. The number of carbonyl (C=O) groups excluding carboxylic acids is 1. The smallest absolute Gasteiger partial charge is 0.228 e. The number of aryl methyl sites for hydroxylation is 1. The Kier molecular flexibility index (Phi) is 4.53. The number of hydrogen-bond donors (Lipinski definition) is 1. The largest absolute Gasteiger partial charge is 0.342 e. The molecule has 1 amide bonds. The second-order valence-electron chi connectivity index (χ2n) is 6.79. The Morgan fingerprint density at radius 1 is 1.36 bits per heavy atom. The predicted molar refractivity (Wildman–Crippen MR) is 99.7 cm³/mol. The maximum Gasteiger partial charge on any atom is 0.228 e. The highest BCUT2D eigenvalue weighted by atomic mass is 32.1. The van der Waals surface area contributed by atoms with Gasteiger partial charge in [0.15, 0.2) is 0 Å². The van der Waals surface area contributed by atoms with E-state index in [4.69, 9.17) is 0 Å². The van der Waals surface area contributed by atoms with E-state index < -0.39 is 0 Å². The lowest BCUT2D eigenvalue weighted by atomic mass is 9.94. The van der Waals surface area contributed by atoms with E-state index in [1.807, 2.05) is 35.4 Å². The molecule has 1 aliphatic rings. The summed E-state index contributed by atoms with van der Waals surface area (Å²) in [7, 11) is 0. The van der Waals surface area contributed by atoms with Crippen LogP contribution < -0.4 is 0 Å². The quantitative estimate of drug-likeness (QED) is 0.781. The molecule has 25 heavy (non-hydrogen) atoms. The molecule has 0 unspecified atom stereocenters. The minimum Gasteiger partial charge on any atom is -0.342 e. The molecule has 3 heterocycles. The molecule has 130 valence electrons. The van der Waals surface area contributed by atoms with Crippen LogP contribution in [0.25, 0.3) is 11.0 Å². The molecule has 5 nitrogen and oxygen atoms in total. The summed E-state index contributed by atoms with van der Waals surface area (Å²) in [6, 6.07) is 8.11. The lowest BCUT2D eigenvalue weighted by molar-refractivity contribution is -0.132. The van der Waals surface area contributed by atoms with Crippen LogP contribution in [0.3, 0.4) is 0 Å². The Bertz CT molecular complexity index is 851. The minimum atomic E-state index is 0.194. The third-order valence-corrected chi connectivity index (χ3v) is 5.61. The van der Waals surface area contributed by atoms with Gasteiger partial charge in [0, 0.05) is 24.9 Å². The fourth-order valence-corrected chi connectivity index (χ4v) is 4.20. The molecule has 1 atom stereocenters. The Hall–Kier alpha value is -2.21. The summed E-state index contributed by atoms with van der Waals surface area (Å²) in [6.45, 7) is 3.65. The molecule has 0 saturated carbocycles. The van der Waals surface area contributed by atoms with E-state index in [9.17, 15) is 4.79 Å². The maximum atomic E-state index is 12.6. The van der Waals surface area contributed by atoms with Crippen LogP contribution in [0.4, 0.5) is 0 Å². The van der Waals surface area contributed by atoms with Crippen molar-refractivity contribution in [2.45, 2.75) is 32.6 Å². The zero-order valence-corrected chi connectivity index (χ0v) is 15.2. The maximum absolute atomic E-state index is 12.6. The SMILES string of the molecule is Cc1nc(CC(=O)N2CCC[C@@H](Cc3nc4ccccc4[nH]3)C2)cs1. The minimum absolute atomic E-state index is 0.194. The molecule has 0 aliphatic carbocycles. The van der Waals surface area contributed by atoms with Crippen LogP contribution >= 0.6 is 11.3 Å². The number of amides is 1. The van der Waals surface area contributed by atoms with Gasteiger partial charge in [-0.25, -0.2) is 9.97 Å². The van der Waals surface area contributed by atoms with Crippen molar-refractivity contribution in [2.75, 3.05) is 13.1 Å². The summed E-state index contributed by atoms with van der Waals surface area (Å²) in [6.07, 6.45) is 3.53. The van der Waals surface area contributed by atoms with Crippen molar-refractivity contribution in [3.05, 3.63) is 46.2 Å². The molecular formula is C19H22N4OS. The van der Waals surface area contributed by atoms with Gasteiger partial charge in [0.2, 0.25) is 5.91 Å². The van der Waals surface area contributed by atoms with Crippen LogP contribution in [0, 0.1) is 12.8 Å². The zero-order valence-electron chi connectivity index (χ0n) is 14.4. The van der Waals surface area contributed by atoms with Crippen molar-refractivity contribution in [1.82, 2.24) is 19.9 Å². The van der Waals surface area contributed by atoms with Crippen molar-refractivity contribution >= 4 is 28.3 Å². The summed E-state index contributed by atoms with van der Waals surface area (Å²) in [4.78, 5) is 27.1. The zero-order chi connectivity index (χ0) is 17.2. The van der Waals surface area contributed by atoms with Crippen LogP contribution in [0.15, 0.2) is 29.6 Å². The number of benzene rings is 1. The summed E-state index contributed by atoms with van der Waals surface area (Å²) in [5.74, 6) is 1.69. The highest BCUT2D eigenvalue weighted by Gasteiger charge is 2.25. The average molecular weight is 354 g/mol. The normalized spacial score (nSPS) is 18.0. The van der Waals surface area contributed by atoms with E-state index in [2.05, 4.69) is 21.0 Å². The van der Waals surface area contributed by atoms with Crippen LogP contribution in [0.1, 0.15) is 29.4 Å². The molecule has 1 aromatic carbocycles. The molecular weight excluding hydrogens is 332 g/mol. The molecule has 2 aromatic heterocycles. The van der Waals surface area contributed by atoms with E-state index in [0.29, 0.717) is 12.3 Å². The van der Waals surface area contributed by atoms with Crippen LogP contribution in [-0.2, 0) is 17.6 Å². The number of fused-ring (bicyclic) bond motifs is 1. The van der Waals surface area contributed by atoms with E-state index in [-0.39, 0.29) is 5.91 Å². The van der Waals surface area contributed by atoms with Crippen LogP contribution in [0.2, 0.25) is 0 Å². The highest BCUT2D eigenvalue weighted by molar-refractivity contribution is 7.09. The number of H-pyrrole nitrogens is 1. The number of nitrogens with one attached hydrogen (secondary N) is 1. The number of nitrogens with zero attached hydrogens (tertiary/aromatic N) is 3. The molecule has 6 heteroatoms. The topological polar surface area (TPSA) is 61.9 Å². The summed E-state index contributed by atoms with van der Waals surface area (Å²) in [5, 5.41) is 3.01. The number of hydrogen-bond acceptors (Lipinski definition) is 4. The van der Waals surface area contributed by atoms with Gasteiger partial charge in [0.25, 0.3) is 0 Å². The molecule has 1 aliphatic heterocycles. The number of carbonyl (C=O) groups is 1. The van der Waals surface area contributed by atoms with Gasteiger partial charge < -0.3 is 9.88 Å². The van der Waals surface area contributed by atoms with Crippen molar-refractivity contribution in [3.63, 3.8) is 0 Å². The van der Waals surface area contributed by atoms with E-state index in [1.165, 1.54) is 0 Å². The number of rotatable bonds is 4. The van der Waals surface area contributed by atoms with Crippen LogP contribution in [-0.4, -0.2) is 38.8 Å². The Morgan fingerprint density at radius 3 is 3.04 bits per heavy atom. The monoisotopic (exact) mass is 354 g/mol. The van der Waals surface area contributed by atoms with E-state index >= 15 is 0 Å². The van der Waals surface area contributed by atoms with Gasteiger partial charge in [-0.05, 0) is 37.8 Å².